The lowest BCUT2D eigenvalue weighted by Crippen LogP contribution is -2.53. The van der Waals surface area contributed by atoms with E-state index >= 15 is 0 Å². The Bertz CT molecular complexity index is 1490. The number of nitrogens with one attached hydrogen (secondary N) is 1. The number of para-hydroxylation sites is 1. The van der Waals surface area contributed by atoms with E-state index < -0.39 is 17.8 Å². The number of carbonyl (C=O) groups is 3. The highest BCUT2D eigenvalue weighted by Crippen LogP contribution is 2.34. The number of rotatable bonds is 8. The second kappa shape index (κ2) is 12.9. The van der Waals surface area contributed by atoms with Gasteiger partial charge in [-0.05, 0) is 55.0 Å². The second-order valence-electron chi connectivity index (χ2n) is 10.1. The maximum absolute atomic E-state index is 13.7. The van der Waals surface area contributed by atoms with Crippen LogP contribution in [0.4, 0.5) is 9.18 Å². The van der Waals surface area contributed by atoms with E-state index in [-0.39, 0.29) is 18.5 Å². The van der Waals surface area contributed by atoms with Gasteiger partial charge in [0.25, 0.3) is 5.91 Å². The SMILES string of the molecule is CCOC(=O)C1=C(CN2CCN(C(=O)c3cccc(F)c3)CC2)N(C)C(=O)N[C@H]1c1cccc(Oc2ccccc2)c1. The van der Waals surface area contributed by atoms with Crippen LogP contribution in [-0.4, -0.2) is 79.0 Å². The van der Waals surface area contributed by atoms with Crippen LogP contribution in [0.25, 0.3) is 0 Å². The smallest absolute Gasteiger partial charge is 0.338 e. The number of hydrogen-bond acceptors (Lipinski definition) is 6. The minimum Gasteiger partial charge on any atom is -0.463 e. The molecule has 218 valence electrons. The molecule has 0 aliphatic carbocycles. The summed E-state index contributed by atoms with van der Waals surface area (Å²) in [5.41, 5.74) is 1.85. The van der Waals surface area contributed by atoms with E-state index in [0.29, 0.717) is 66.6 Å². The predicted octanol–water partition coefficient (Wildman–Crippen LogP) is 4.59. The molecule has 3 aromatic carbocycles. The molecule has 5 rings (SSSR count). The molecule has 1 fully saturated rings. The molecular formula is C32H33FN4O5. The summed E-state index contributed by atoms with van der Waals surface area (Å²) in [6.07, 6.45) is 0. The summed E-state index contributed by atoms with van der Waals surface area (Å²) >= 11 is 0. The van der Waals surface area contributed by atoms with Gasteiger partial charge in [-0.25, -0.2) is 14.0 Å². The van der Waals surface area contributed by atoms with Crippen molar-refractivity contribution in [1.82, 2.24) is 20.0 Å². The van der Waals surface area contributed by atoms with Gasteiger partial charge in [-0.3, -0.25) is 14.6 Å². The maximum Gasteiger partial charge on any atom is 0.338 e. The summed E-state index contributed by atoms with van der Waals surface area (Å²) in [6, 6.07) is 21.2. The van der Waals surface area contributed by atoms with Gasteiger partial charge in [-0.1, -0.05) is 36.4 Å². The molecule has 2 aliphatic heterocycles. The second-order valence-corrected chi connectivity index (χ2v) is 10.1. The largest absolute Gasteiger partial charge is 0.463 e. The average Bonchev–Trinajstić information content (AvgIpc) is 3.00. The van der Waals surface area contributed by atoms with E-state index in [1.165, 1.54) is 23.1 Å². The van der Waals surface area contributed by atoms with Crippen molar-refractivity contribution >= 4 is 17.9 Å². The lowest BCUT2D eigenvalue weighted by Gasteiger charge is -2.39. The van der Waals surface area contributed by atoms with Crippen molar-refractivity contribution in [2.24, 2.45) is 0 Å². The highest BCUT2D eigenvalue weighted by atomic mass is 19.1. The number of hydrogen-bond donors (Lipinski definition) is 1. The molecule has 3 aromatic rings. The van der Waals surface area contributed by atoms with Crippen LogP contribution in [0.2, 0.25) is 0 Å². The first-order valence-corrected chi connectivity index (χ1v) is 13.9. The minimum absolute atomic E-state index is 0.179. The molecule has 2 heterocycles. The van der Waals surface area contributed by atoms with Crippen LogP contribution in [0, 0.1) is 5.82 Å². The van der Waals surface area contributed by atoms with Crippen LogP contribution in [0.3, 0.4) is 0 Å². The van der Waals surface area contributed by atoms with Crippen molar-refractivity contribution < 1.29 is 28.2 Å². The Hall–Kier alpha value is -4.70. The molecule has 2 aliphatic rings. The number of amides is 3. The van der Waals surface area contributed by atoms with E-state index in [9.17, 15) is 18.8 Å². The van der Waals surface area contributed by atoms with Crippen molar-refractivity contribution in [1.29, 1.82) is 0 Å². The number of benzene rings is 3. The third-order valence-corrected chi connectivity index (χ3v) is 7.35. The van der Waals surface area contributed by atoms with E-state index in [0.717, 1.165) is 0 Å². The third-order valence-electron chi connectivity index (χ3n) is 7.35. The number of ether oxygens (including phenoxy) is 2. The number of halogens is 1. The quantitative estimate of drug-likeness (QED) is 0.397. The van der Waals surface area contributed by atoms with Crippen molar-refractivity contribution in [3.05, 3.63) is 107 Å². The summed E-state index contributed by atoms with van der Waals surface area (Å²) in [6.45, 7) is 4.10. The van der Waals surface area contributed by atoms with Crippen LogP contribution >= 0.6 is 0 Å². The van der Waals surface area contributed by atoms with Crippen molar-refractivity contribution in [2.45, 2.75) is 13.0 Å². The molecule has 0 spiro atoms. The van der Waals surface area contributed by atoms with E-state index in [1.807, 2.05) is 48.5 Å². The molecule has 0 bridgehead atoms. The fourth-order valence-corrected chi connectivity index (χ4v) is 5.16. The average molecular weight is 573 g/mol. The fourth-order valence-electron chi connectivity index (χ4n) is 5.16. The van der Waals surface area contributed by atoms with Crippen LogP contribution in [0.5, 0.6) is 11.5 Å². The van der Waals surface area contributed by atoms with Crippen molar-refractivity contribution in [2.75, 3.05) is 46.4 Å². The number of piperazine rings is 1. The van der Waals surface area contributed by atoms with Crippen LogP contribution in [0.1, 0.15) is 28.9 Å². The van der Waals surface area contributed by atoms with Crippen molar-refractivity contribution in [3.8, 4) is 11.5 Å². The number of likely N-dealkylation sites (N-methyl/N-ethyl adjacent to an activating group) is 1. The number of nitrogens with zero attached hydrogens (tertiary/aromatic N) is 3. The van der Waals surface area contributed by atoms with E-state index in [4.69, 9.17) is 9.47 Å². The lowest BCUT2D eigenvalue weighted by molar-refractivity contribution is -0.139. The van der Waals surface area contributed by atoms with Crippen LogP contribution in [0.15, 0.2) is 90.1 Å². The van der Waals surface area contributed by atoms with Gasteiger partial charge < -0.3 is 19.7 Å². The lowest BCUT2D eigenvalue weighted by atomic mass is 9.94. The first-order chi connectivity index (χ1) is 20.3. The zero-order valence-corrected chi connectivity index (χ0v) is 23.6. The van der Waals surface area contributed by atoms with Gasteiger partial charge in [0.1, 0.15) is 17.3 Å². The molecule has 1 N–H and O–H groups in total. The van der Waals surface area contributed by atoms with Gasteiger partial charge in [0.15, 0.2) is 0 Å². The van der Waals surface area contributed by atoms with E-state index in [2.05, 4.69) is 10.2 Å². The molecule has 1 saturated heterocycles. The van der Waals surface area contributed by atoms with Gasteiger partial charge in [0.05, 0.1) is 18.2 Å². The normalized spacial score (nSPS) is 17.6. The predicted molar refractivity (Wildman–Crippen MR) is 154 cm³/mol. The Kier molecular flexibility index (Phi) is 8.83. The highest BCUT2D eigenvalue weighted by Gasteiger charge is 2.38. The van der Waals surface area contributed by atoms with Gasteiger partial charge in [-0.15, -0.1) is 0 Å². The molecule has 3 amide bonds. The number of carbonyl (C=O) groups excluding carboxylic acids is 3. The van der Waals surface area contributed by atoms with E-state index in [1.54, 1.807) is 31.0 Å². The van der Waals surface area contributed by atoms with Gasteiger partial charge >= 0.3 is 12.0 Å². The van der Waals surface area contributed by atoms with Crippen molar-refractivity contribution in [3.63, 3.8) is 0 Å². The standard InChI is InChI=1S/C32H33FN4O5/c1-3-41-31(39)28-27(21-36-15-17-37(18-16-36)30(38)23-10-7-11-24(33)19-23)35(2)32(40)34-29(28)22-9-8-14-26(20-22)42-25-12-5-4-6-13-25/h4-14,19-20,29H,3,15-18,21H2,1-2H3,(H,34,40)/t29-/m0/s1. The summed E-state index contributed by atoms with van der Waals surface area (Å²) < 4.78 is 25.1. The van der Waals surface area contributed by atoms with Gasteiger partial charge in [0, 0.05) is 51.0 Å². The minimum atomic E-state index is -0.752. The highest BCUT2D eigenvalue weighted by molar-refractivity contribution is 5.95. The Morgan fingerprint density at radius 3 is 2.36 bits per heavy atom. The Labute approximate surface area is 244 Å². The maximum atomic E-state index is 13.7. The van der Waals surface area contributed by atoms with Gasteiger partial charge in [-0.2, -0.15) is 0 Å². The molecule has 0 saturated carbocycles. The van der Waals surface area contributed by atoms with Gasteiger partial charge in [0.2, 0.25) is 0 Å². The molecular weight excluding hydrogens is 539 g/mol. The zero-order chi connectivity index (χ0) is 29.6. The topological polar surface area (TPSA) is 91.4 Å². The molecule has 0 aromatic heterocycles. The van der Waals surface area contributed by atoms with Crippen LogP contribution in [-0.2, 0) is 9.53 Å². The Morgan fingerprint density at radius 2 is 1.64 bits per heavy atom. The summed E-state index contributed by atoms with van der Waals surface area (Å²) in [4.78, 5) is 44.7. The Morgan fingerprint density at radius 1 is 0.929 bits per heavy atom. The number of esters is 1. The monoisotopic (exact) mass is 572 g/mol. The first kappa shape index (κ1) is 28.8. The third kappa shape index (κ3) is 6.44. The Balaban J connectivity index is 1.39. The summed E-state index contributed by atoms with van der Waals surface area (Å²) in [7, 11) is 1.62. The number of urea groups is 1. The molecule has 10 heteroatoms. The molecule has 0 unspecified atom stereocenters. The molecule has 0 radical (unpaired) electrons. The molecule has 9 nitrogen and oxygen atoms in total. The molecule has 42 heavy (non-hydrogen) atoms. The van der Waals surface area contributed by atoms with Crippen LogP contribution < -0.4 is 10.1 Å². The summed E-state index contributed by atoms with van der Waals surface area (Å²) in [5.74, 6) is 0.0314. The zero-order valence-electron chi connectivity index (χ0n) is 23.6. The summed E-state index contributed by atoms with van der Waals surface area (Å²) in [5, 5.41) is 2.95. The molecule has 1 atom stereocenters. The fraction of sp³-hybridized carbons (Fsp3) is 0.281. The first-order valence-electron chi connectivity index (χ1n) is 13.9.